The zero-order valence-corrected chi connectivity index (χ0v) is 11.1. The number of carbonyl (C=O) groups is 1. The molecule has 0 atom stereocenters. The Morgan fingerprint density at radius 3 is 2.44 bits per heavy atom. The zero-order chi connectivity index (χ0) is 13.6. The highest BCUT2D eigenvalue weighted by Gasteiger charge is 2.30. The van der Waals surface area contributed by atoms with Crippen LogP contribution in [0.5, 0.6) is 0 Å². The van der Waals surface area contributed by atoms with Crippen molar-refractivity contribution >= 4 is 17.5 Å². The van der Waals surface area contributed by atoms with Crippen LogP contribution in [0, 0.1) is 0 Å². The minimum Gasteiger partial charge on any atom is -0.394 e. The van der Waals surface area contributed by atoms with Crippen LogP contribution in [0.1, 0.15) is 30.1 Å². The van der Waals surface area contributed by atoms with Gasteiger partial charge in [0.25, 0.3) is 5.91 Å². The zero-order valence-electron chi connectivity index (χ0n) is 10.3. The molecule has 5 heteroatoms. The Hall–Kier alpha value is -1.10. The molecule has 0 fully saturated rings. The van der Waals surface area contributed by atoms with Crippen molar-refractivity contribution in [2.24, 2.45) is 0 Å². The molecule has 0 aliphatic heterocycles. The highest BCUT2D eigenvalue weighted by atomic mass is 35.5. The summed E-state index contributed by atoms with van der Waals surface area (Å²) < 4.78 is 0. The number of hydrogen-bond donors (Lipinski definition) is 3. The lowest BCUT2D eigenvalue weighted by molar-refractivity contribution is 0.0632. The van der Waals surface area contributed by atoms with Crippen molar-refractivity contribution < 1.29 is 15.0 Å². The van der Waals surface area contributed by atoms with Crippen molar-refractivity contribution in [3.63, 3.8) is 0 Å². The molecule has 18 heavy (non-hydrogen) atoms. The van der Waals surface area contributed by atoms with Gasteiger partial charge in [-0.1, -0.05) is 37.1 Å². The third-order valence-corrected chi connectivity index (χ3v) is 3.16. The number of benzene rings is 1. The first-order chi connectivity index (χ1) is 8.58. The molecule has 0 aliphatic rings. The summed E-state index contributed by atoms with van der Waals surface area (Å²) in [6.45, 7) is 1.29. The van der Waals surface area contributed by atoms with Gasteiger partial charge in [0, 0.05) is 0 Å². The number of hydrogen-bond acceptors (Lipinski definition) is 3. The minimum absolute atomic E-state index is 0.312. The monoisotopic (exact) mass is 271 g/mol. The molecule has 0 aliphatic carbocycles. The van der Waals surface area contributed by atoms with Gasteiger partial charge in [0.2, 0.25) is 0 Å². The molecule has 0 aromatic heterocycles. The first-order valence-electron chi connectivity index (χ1n) is 5.87. The standard InChI is InChI=1S/C13H18ClNO3/c1-2-7-13(8-16,9-17)15-12(18)10-5-3-4-6-11(10)14/h3-6,16-17H,2,7-9H2,1H3,(H,15,18). The van der Waals surface area contributed by atoms with Gasteiger partial charge in [0.05, 0.1) is 29.3 Å². The molecule has 3 N–H and O–H groups in total. The fourth-order valence-corrected chi connectivity index (χ4v) is 2.00. The van der Waals surface area contributed by atoms with Crippen LogP contribution in [0.3, 0.4) is 0 Å². The summed E-state index contributed by atoms with van der Waals surface area (Å²) in [5.74, 6) is -0.392. The van der Waals surface area contributed by atoms with Crippen LogP contribution in [-0.2, 0) is 0 Å². The minimum atomic E-state index is -0.995. The Morgan fingerprint density at radius 2 is 1.94 bits per heavy atom. The van der Waals surface area contributed by atoms with Crippen molar-refractivity contribution in [1.29, 1.82) is 0 Å². The lowest BCUT2D eigenvalue weighted by Crippen LogP contribution is -2.54. The predicted molar refractivity (Wildman–Crippen MR) is 70.7 cm³/mol. The first-order valence-corrected chi connectivity index (χ1v) is 6.25. The number of aliphatic hydroxyl groups is 2. The summed E-state index contributed by atoms with van der Waals surface area (Å²) in [5.41, 5.74) is -0.660. The summed E-state index contributed by atoms with van der Waals surface area (Å²) in [5, 5.41) is 21.7. The molecule has 4 nitrogen and oxygen atoms in total. The Labute approximate surface area is 112 Å². The highest BCUT2D eigenvalue weighted by Crippen LogP contribution is 2.18. The summed E-state index contributed by atoms with van der Waals surface area (Å²) in [6.07, 6.45) is 1.24. The third kappa shape index (κ3) is 3.45. The van der Waals surface area contributed by atoms with Crippen molar-refractivity contribution in [3.8, 4) is 0 Å². The Kier molecular flexibility index (Phi) is 5.59. The molecule has 0 bridgehead atoms. The largest absolute Gasteiger partial charge is 0.394 e. The lowest BCUT2D eigenvalue weighted by atomic mass is 9.95. The number of nitrogens with one attached hydrogen (secondary N) is 1. The number of halogens is 1. The molecular weight excluding hydrogens is 254 g/mol. The molecule has 0 saturated carbocycles. The second-order valence-corrected chi connectivity index (χ2v) is 4.69. The fraction of sp³-hybridized carbons (Fsp3) is 0.462. The second-order valence-electron chi connectivity index (χ2n) is 4.28. The summed E-state index contributed by atoms with van der Waals surface area (Å²) in [7, 11) is 0. The molecule has 0 radical (unpaired) electrons. The van der Waals surface area contributed by atoms with E-state index in [4.69, 9.17) is 11.6 Å². The van der Waals surface area contributed by atoms with Crippen molar-refractivity contribution in [3.05, 3.63) is 34.9 Å². The van der Waals surface area contributed by atoms with E-state index in [0.29, 0.717) is 17.0 Å². The SMILES string of the molecule is CCCC(CO)(CO)NC(=O)c1ccccc1Cl. The fourth-order valence-electron chi connectivity index (χ4n) is 1.78. The Bertz CT molecular complexity index is 405. The van der Waals surface area contributed by atoms with Crippen LogP contribution in [0.2, 0.25) is 5.02 Å². The molecule has 0 heterocycles. The smallest absolute Gasteiger partial charge is 0.253 e. The van der Waals surface area contributed by atoms with E-state index in [1.807, 2.05) is 6.92 Å². The van der Waals surface area contributed by atoms with Crippen molar-refractivity contribution in [2.45, 2.75) is 25.3 Å². The van der Waals surface area contributed by atoms with Crippen LogP contribution in [0.15, 0.2) is 24.3 Å². The van der Waals surface area contributed by atoms with Crippen LogP contribution >= 0.6 is 11.6 Å². The van der Waals surface area contributed by atoms with E-state index in [1.54, 1.807) is 24.3 Å². The van der Waals surface area contributed by atoms with Crippen molar-refractivity contribution in [2.75, 3.05) is 13.2 Å². The topological polar surface area (TPSA) is 69.6 Å². The van der Waals surface area contributed by atoms with Crippen LogP contribution in [-0.4, -0.2) is 34.9 Å². The molecule has 0 unspecified atom stereocenters. The molecule has 0 spiro atoms. The molecule has 1 amide bonds. The van der Waals surface area contributed by atoms with E-state index < -0.39 is 11.4 Å². The summed E-state index contributed by atoms with van der Waals surface area (Å²) in [6, 6.07) is 6.66. The molecule has 100 valence electrons. The highest BCUT2D eigenvalue weighted by molar-refractivity contribution is 6.33. The number of aliphatic hydroxyl groups excluding tert-OH is 2. The normalized spacial score (nSPS) is 11.3. The van der Waals surface area contributed by atoms with Gasteiger partial charge < -0.3 is 15.5 Å². The van der Waals surface area contributed by atoms with E-state index in [2.05, 4.69) is 5.32 Å². The number of rotatable bonds is 6. The van der Waals surface area contributed by atoms with Gasteiger partial charge in [-0.25, -0.2) is 0 Å². The summed E-state index contributed by atoms with van der Waals surface area (Å²) >= 11 is 5.93. The maximum atomic E-state index is 12.1. The van der Waals surface area contributed by atoms with E-state index in [9.17, 15) is 15.0 Å². The molecule has 1 aromatic rings. The van der Waals surface area contributed by atoms with Crippen molar-refractivity contribution in [1.82, 2.24) is 5.32 Å². The number of amides is 1. The van der Waals surface area contributed by atoms with Crippen LogP contribution in [0.25, 0.3) is 0 Å². The molecule has 1 aromatic carbocycles. The maximum absolute atomic E-state index is 12.1. The van der Waals surface area contributed by atoms with Gasteiger partial charge in [-0.3, -0.25) is 4.79 Å². The Balaban J connectivity index is 2.88. The van der Waals surface area contributed by atoms with E-state index in [-0.39, 0.29) is 13.2 Å². The maximum Gasteiger partial charge on any atom is 0.253 e. The number of carbonyl (C=O) groups excluding carboxylic acids is 1. The van der Waals surface area contributed by atoms with Gasteiger partial charge in [-0.05, 0) is 18.6 Å². The van der Waals surface area contributed by atoms with Gasteiger partial charge >= 0.3 is 0 Å². The molecule has 0 saturated heterocycles. The molecular formula is C13H18ClNO3. The van der Waals surface area contributed by atoms with E-state index >= 15 is 0 Å². The second kappa shape index (κ2) is 6.73. The van der Waals surface area contributed by atoms with E-state index in [1.165, 1.54) is 0 Å². The lowest BCUT2D eigenvalue weighted by Gasteiger charge is -2.30. The van der Waals surface area contributed by atoms with E-state index in [0.717, 1.165) is 6.42 Å². The summed E-state index contributed by atoms with van der Waals surface area (Å²) in [4.78, 5) is 12.1. The van der Waals surface area contributed by atoms with Gasteiger partial charge in [-0.2, -0.15) is 0 Å². The Morgan fingerprint density at radius 1 is 1.33 bits per heavy atom. The van der Waals surface area contributed by atoms with Crippen LogP contribution < -0.4 is 5.32 Å². The average molecular weight is 272 g/mol. The molecule has 1 rings (SSSR count). The quantitative estimate of drug-likeness (QED) is 0.736. The van der Waals surface area contributed by atoms with Gasteiger partial charge in [0.15, 0.2) is 0 Å². The average Bonchev–Trinajstić information content (AvgIpc) is 2.38. The van der Waals surface area contributed by atoms with Crippen LogP contribution in [0.4, 0.5) is 0 Å². The van der Waals surface area contributed by atoms with Gasteiger partial charge in [-0.15, -0.1) is 0 Å². The predicted octanol–water partition coefficient (Wildman–Crippen LogP) is 1.59. The van der Waals surface area contributed by atoms with Gasteiger partial charge in [0.1, 0.15) is 0 Å². The third-order valence-electron chi connectivity index (χ3n) is 2.83. The first kappa shape index (κ1) is 15.0.